The van der Waals surface area contributed by atoms with E-state index in [9.17, 15) is 50.6 Å². The highest BCUT2D eigenvalue weighted by molar-refractivity contribution is 8.14. The molecule has 2 atom stereocenters. The summed E-state index contributed by atoms with van der Waals surface area (Å²) in [6.07, 6.45) is 15.0. The zero-order valence-electron chi connectivity index (χ0n) is 62.8. The number of hydrogen-bond donors (Lipinski definition) is 3. The summed E-state index contributed by atoms with van der Waals surface area (Å²) >= 11 is 34.4. The number of aliphatic imine (C=N–C) groups is 2. The van der Waals surface area contributed by atoms with E-state index < -0.39 is 25.1 Å². The quantitative estimate of drug-likeness (QED) is 0.0179. The van der Waals surface area contributed by atoms with Crippen LogP contribution < -0.4 is 16.0 Å². The Morgan fingerprint density at radius 2 is 1.18 bits per heavy atom. The average Bonchev–Trinajstić information content (AvgIpc) is 0.882. The molecule has 52 heteroatoms. The van der Waals surface area contributed by atoms with Crippen molar-refractivity contribution in [2.24, 2.45) is 42.2 Å². The molecule has 0 spiro atoms. The maximum atomic E-state index is 10.6. The highest BCUT2D eigenvalue weighted by atomic mass is 35.5. The monoisotopic (exact) mass is 1760 g/mol. The second-order valence-corrected chi connectivity index (χ2v) is 31.0. The molecule has 43 nitrogen and oxygen atoms in total. The molecule has 0 bridgehead atoms. The predicted molar refractivity (Wildman–Crippen MR) is 435 cm³/mol. The van der Waals surface area contributed by atoms with Crippen LogP contribution in [0.15, 0.2) is 109 Å². The van der Waals surface area contributed by atoms with Crippen LogP contribution in [0, 0.1) is 85.3 Å². The first-order chi connectivity index (χ1) is 54.4. The van der Waals surface area contributed by atoms with Crippen LogP contribution in [-0.2, 0) is 46.9 Å². The minimum atomic E-state index is -0.779. The van der Waals surface area contributed by atoms with Crippen molar-refractivity contribution >= 4 is 139 Å². The molecule has 5 aromatic heterocycles. The van der Waals surface area contributed by atoms with Crippen LogP contribution in [0.1, 0.15) is 46.2 Å². The maximum Gasteiger partial charge on any atom is 0.277 e. The molecule has 6 aliphatic rings. The summed E-state index contributed by atoms with van der Waals surface area (Å²) in [5, 5.41) is 90.0. The number of nitro groups is 5. The summed E-state index contributed by atoms with van der Waals surface area (Å²) in [5.41, 5.74) is 2.71. The molecule has 618 valence electrons. The lowest BCUT2D eigenvalue weighted by Gasteiger charge is -2.40. The van der Waals surface area contributed by atoms with Crippen LogP contribution in [0.25, 0.3) is 0 Å². The van der Waals surface area contributed by atoms with Crippen molar-refractivity contribution in [1.29, 1.82) is 10.5 Å². The van der Waals surface area contributed by atoms with Gasteiger partial charge < -0.3 is 69.4 Å². The minimum Gasteiger partial charge on any atom is -0.381 e. The smallest absolute Gasteiger partial charge is 0.277 e. The lowest BCUT2D eigenvalue weighted by molar-refractivity contribution is -0.486. The fraction of sp³-hybridized carbons (Fsp3) is 0.500. The molecule has 5 aromatic rings. The molecule has 6 aliphatic heterocycles. The van der Waals surface area contributed by atoms with Crippen LogP contribution in [0.5, 0.6) is 0 Å². The first-order valence-electron chi connectivity index (χ1n) is 33.7. The van der Waals surface area contributed by atoms with Gasteiger partial charge in [0.05, 0.1) is 44.6 Å². The number of aromatic nitrogens is 5. The summed E-state index contributed by atoms with van der Waals surface area (Å²) in [5.74, 6) is 4.40. The van der Waals surface area contributed by atoms with Gasteiger partial charge in [-0.15, -0.1) is 39.4 Å². The van der Waals surface area contributed by atoms with Crippen molar-refractivity contribution in [3.05, 3.63) is 180 Å². The van der Waals surface area contributed by atoms with E-state index in [1.165, 1.54) is 41.5 Å². The first-order valence-corrected chi connectivity index (χ1v) is 39.2. The van der Waals surface area contributed by atoms with E-state index in [-0.39, 0.29) is 11.9 Å². The van der Waals surface area contributed by atoms with Gasteiger partial charge in [0.2, 0.25) is 12.4 Å². The molecule has 0 radical (unpaired) electrons. The average molecular weight is 1760 g/mol. The van der Waals surface area contributed by atoms with Crippen molar-refractivity contribution in [2.75, 3.05) is 140 Å². The molecule has 11 rings (SSSR count). The van der Waals surface area contributed by atoms with Gasteiger partial charge in [0.15, 0.2) is 34.2 Å². The van der Waals surface area contributed by atoms with Gasteiger partial charge in [0, 0.05) is 165 Å². The highest BCUT2D eigenvalue weighted by Crippen LogP contribution is 2.30. The molecule has 0 aromatic carbocycles. The number of thioether (sulfide) groups is 2. The van der Waals surface area contributed by atoms with Crippen LogP contribution >= 0.6 is 104 Å². The number of rotatable bonds is 19. The van der Waals surface area contributed by atoms with Crippen molar-refractivity contribution in [2.45, 2.75) is 52.5 Å². The zero-order valence-corrected chi connectivity index (χ0v) is 69.9. The van der Waals surface area contributed by atoms with Crippen LogP contribution in [0.3, 0.4) is 0 Å². The van der Waals surface area contributed by atoms with Crippen LogP contribution in [-0.4, -0.2) is 269 Å². The van der Waals surface area contributed by atoms with Crippen LogP contribution in [0.2, 0.25) is 24.4 Å². The van der Waals surface area contributed by atoms with E-state index in [4.69, 9.17) is 82.7 Å². The van der Waals surface area contributed by atoms with Crippen molar-refractivity contribution in [1.82, 2.24) is 85.0 Å². The first kappa shape index (κ1) is 94.8. The Kier molecular flexibility index (Phi) is 42.6. The van der Waals surface area contributed by atoms with E-state index in [0.717, 1.165) is 108 Å². The molecule has 0 amide bonds. The van der Waals surface area contributed by atoms with Gasteiger partial charge in [0.25, 0.3) is 30.0 Å². The Bertz CT molecular complexity index is 4190. The number of amidine groups is 2. The summed E-state index contributed by atoms with van der Waals surface area (Å²) in [6.45, 7) is 12.7. The Morgan fingerprint density at radius 1 is 0.623 bits per heavy atom. The molecule has 2 unspecified atom stereocenters. The van der Waals surface area contributed by atoms with Crippen molar-refractivity contribution in [3.63, 3.8) is 0 Å². The van der Waals surface area contributed by atoms with E-state index in [1.807, 2.05) is 48.1 Å². The van der Waals surface area contributed by atoms with E-state index >= 15 is 0 Å². The van der Waals surface area contributed by atoms with E-state index in [1.54, 1.807) is 127 Å². The van der Waals surface area contributed by atoms with Crippen LogP contribution in [0.4, 0.5) is 0 Å². The maximum absolute atomic E-state index is 10.6. The molecule has 0 aliphatic carbocycles. The van der Waals surface area contributed by atoms with Crippen molar-refractivity contribution in [3.8, 4) is 12.4 Å². The molecule has 6 fully saturated rings. The Hall–Kier alpha value is -9.76. The van der Waals surface area contributed by atoms with E-state index in [0.29, 0.717) is 125 Å². The number of ether oxygens (including phenoxy) is 3. The summed E-state index contributed by atoms with van der Waals surface area (Å²) in [6, 6.07) is 10.5. The number of nitrogens with zero attached hydrogens (tertiary/aromatic N) is 27. The molecule has 114 heavy (non-hydrogen) atoms. The lowest BCUT2D eigenvalue weighted by atomic mass is 10.1. The third-order valence-electron chi connectivity index (χ3n) is 15.5. The largest absolute Gasteiger partial charge is 0.381 e. The third kappa shape index (κ3) is 36.6. The topological polar surface area (TPSA) is 495 Å². The summed E-state index contributed by atoms with van der Waals surface area (Å²) in [7, 11) is 12.2. The third-order valence-corrected chi connectivity index (χ3v) is 20.4. The number of hydrogen-bond acceptors (Lipinski definition) is 28. The molecular formula is C62H83Cl5N30O13S4. The normalized spacial score (nSPS) is 18.2. The molecule has 0 saturated carbocycles. The molecular weight excluding hydrogens is 1680 g/mol. The zero-order chi connectivity index (χ0) is 83.7. The Morgan fingerprint density at radius 3 is 1.68 bits per heavy atom. The number of nitriles is 2. The number of guanidine groups is 4. The fourth-order valence-electron chi connectivity index (χ4n) is 10.4. The lowest BCUT2D eigenvalue weighted by Crippen LogP contribution is -2.57. The van der Waals surface area contributed by atoms with Crippen molar-refractivity contribution < 1.29 is 39.3 Å². The SMILES string of the molecule is CC(=NC#N)N(C)Cc1cnc(Cl)s1.CN/C(=N\[N+](=O)[O-])N(C)Cc1ccc(Cl)nc1.CN/C(=N\[N+](=O)[O-])NCc1ccc(Cl)nc1.CN1CN(C)/C(=N\[N+](=O)[O-])N(CC2CCOC2)C1.CN1COCN(CC2CCOC2)/C1=N/[N+](=O)[O-].N#CN=C1SCCN1Cc1cnc(Cl)s1.O=[N+]([O-])/C=C1\SCCN1Cc1ccc(Cl)nc1. The number of hydrazone groups is 4. The van der Waals surface area contributed by atoms with Gasteiger partial charge in [-0.2, -0.15) is 15.5 Å². The number of nitrogens with one attached hydrogen (secondary N) is 3. The summed E-state index contributed by atoms with van der Waals surface area (Å²) < 4.78 is 17.0. The number of halogens is 5. The summed E-state index contributed by atoms with van der Waals surface area (Å²) in [4.78, 5) is 97.5. The fourth-order valence-corrected chi connectivity index (χ4v) is 14.7. The van der Waals surface area contributed by atoms with Gasteiger partial charge in [-0.1, -0.05) is 88.0 Å². The predicted octanol–water partition coefficient (Wildman–Crippen LogP) is 7.61. The highest BCUT2D eigenvalue weighted by Gasteiger charge is 2.32. The Labute approximate surface area is 696 Å². The molecule has 3 N–H and O–H groups in total. The minimum absolute atomic E-state index is 0.0833. The van der Waals surface area contributed by atoms with E-state index in [2.05, 4.69) is 81.1 Å². The standard InChI is InChI=1S/C10H10ClN3O2S.C10H19N5O3.C9H12ClN5O2.C9H16N4O4.C8H10ClN5O2.C8H7ClN4S2.C8H9ClN4S/c11-9-2-1-8(5-12-9)6-13-3-4-17-10(13)7-14(15)16;1-12-7-13(2)10(11-15(16)17)14(8-12)5-9-3-4-18-6-9;1-11-9(13-15(16)17)14(2)6-7-3-4-8(10)12-5-7;1-11-6-17-7-12(9(11)10-13(14)15)4-8-2-3-16-5-8;1-10-8(13-14(15)16)12-5-6-2-3-7(9)11-4-6;9-7-11-3-6(15-7)4-13-1-2-14-8(13)12-5-10;1-6(12-5-10)13(2)4-7-3-11-8(9)14-7/h1-2,5,7H,3-4,6H2;9H,3-8H2,1-2H3;3-5H,6H2,1-2H3,(H,11,13);8H,2-7H2,1H3;2-4H,5H2,1H3,(H2,10,12,13);3H,1-2,4H2;3H,4H2,1-2H3/b10-7-;11-10+;;10-9+;;;. The van der Waals surface area contributed by atoms with Gasteiger partial charge in [0.1, 0.15) is 60.2 Å². The van der Waals surface area contributed by atoms with Gasteiger partial charge in [-0.25, -0.2) is 65.4 Å². The molecule has 11 heterocycles. The molecule has 6 saturated heterocycles. The second kappa shape index (κ2) is 51.2. The second-order valence-electron chi connectivity index (χ2n) is 24.3. The van der Waals surface area contributed by atoms with Gasteiger partial charge >= 0.3 is 0 Å². The Balaban J connectivity index is 0.000000238. The van der Waals surface area contributed by atoms with Gasteiger partial charge in [-0.3, -0.25) is 15.0 Å². The number of pyridine rings is 3. The number of thiazole rings is 2. The van der Waals surface area contributed by atoms with Gasteiger partial charge in [-0.05, 0) is 61.7 Å².